The number of hydrogen-bond acceptors (Lipinski definition) is 4. The average molecular weight is 333 g/mol. The lowest BCUT2D eigenvalue weighted by atomic mass is 10.2. The van der Waals surface area contributed by atoms with Gasteiger partial charge in [0.2, 0.25) is 10.0 Å². The van der Waals surface area contributed by atoms with Gasteiger partial charge < -0.3 is 10.5 Å². The van der Waals surface area contributed by atoms with Crippen LogP contribution in [0.5, 0.6) is 0 Å². The molecular formula is C14H21ClN2O3S. The Morgan fingerprint density at radius 2 is 2.10 bits per heavy atom. The molecule has 1 aromatic carbocycles. The van der Waals surface area contributed by atoms with Crippen LogP contribution >= 0.6 is 11.6 Å². The third-order valence-electron chi connectivity index (χ3n) is 3.58. The summed E-state index contributed by atoms with van der Waals surface area (Å²) >= 11 is 5.90. The Bertz CT molecular complexity index is 615. The molecule has 2 N–H and O–H groups in total. The van der Waals surface area contributed by atoms with Crippen molar-refractivity contribution in [3.05, 3.63) is 22.7 Å². The highest BCUT2D eigenvalue weighted by Gasteiger charge is 2.24. The van der Waals surface area contributed by atoms with Crippen LogP contribution in [0.1, 0.15) is 18.4 Å². The van der Waals surface area contributed by atoms with E-state index in [0.717, 1.165) is 6.61 Å². The maximum absolute atomic E-state index is 12.5. The zero-order valence-electron chi connectivity index (χ0n) is 12.3. The van der Waals surface area contributed by atoms with Crippen molar-refractivity contribution in [1.29, 1.82) is 0 Å². The minimum absolute atomic E-state index is 0.189. The number of nitrogen functional groups attached to an aromatic ring is 1. The minimum atomic E-state index is -3.58. The first-order valence-electron chi connectivity index (χ1n) is 6.92. The highest BCUT2D eigenvalue weighted by molar-refractivity contribution is 7.89. The molecule has 0 radical (unpaired) electrons. The van der Waals surface area contributed by atoms with Gasteiger partial charge in [-0.15, -0.1) is 0 Å². The summed E-state index contributed by atoms with van der Waals surface area (Å²) in [4.78, 5) is 0.189. The topological polar surface area (TPSA) is 72.6 Å². The molecule has 0 unspecified atom stereocenters. The molecule has 1 aliphatic carbocycles. The second-order valence-corrected chi connectivity index (χ2v) is 7.90. The maximum atomic E-state index is 12.5. The van der Waals surface area contributed by atoms with Crippen molar-refractivity contribution < 1.29 is 13.2 Å². The van der Waals surface area contributed by atoms with Crippen LogP contribution in [-0.4, -0.2) is 39.5 Å². The fraction of sp³-hybridized carbons (Fsp3) is 0.571. The molecule has 0 aliphatic heterocycles. The van der Waals surface area contributed by atoms with Crippen LogP contribution in [0.25, 0.3) is 0 Å². The molecule has 2 rings (SSSR count). The number of hydrogen-bond donors (Lipinski definition) is 1. The fourth-order valence-corrected chi connectivity index (χ4v) is 3.57. The van der Waals surface area contributed by atoms with E-state index in [9.17, 15) is 8.42 Å². The summed E-state index contributed by atoms with van der Waals surface area (Å²) in [5, 5.41) is 0.363. The predicted octanol–water partition coefficient (Wildman–Crippen LogP) is 2.28. The minimum Gasteiger partial charge on any atom is -0.397 e. The Morgan fingerprint density at radius 3 is 2.71 bits per heavy atom. The first-order chi connectivity index (χ1) is 9.82. The number of sulfonamides is 1. The van der Waals surface area contributed by atoms with Crippen LogP contribution in [0.2, 0.25) is 5.02 Å². The van der Waals surface area contributed by atoms with Gasteiger partial charge in [-0.25, -0.2) is 8.42 Å². The number of nitrogens with zero attached hydrogens (tertiary/aromatic N) is 1. The van der Waals surface area contributed by atoms with Gasteiger partial charge >= 0.3 is 0 Å². The van der Waals surface area contributed by atoms with Crippen LogP contribution in [0.15, 0.2) is 17.0 Å². The van der Waals surface area contributed by atoms with Crippen LogP contribution < -0.4 is 5.73 Å². The summed E-state index contributed by atoms with van der Waals surface area (Å²) in [6.07, 6.45) is 2.44. The number of nitrogens with two attached hydrogens (primary N) is 1. The third-order valence-corrected chi connectivity index (χ3v) is 5.91. The molecular weight excluding hydrogens is 312 g/mol. The molecule has 0 saturated heterocycles. The van der Waals surface area contributed by atoms with Gasteiger partial charge in [-0.05, 0) is 43.4 Å². The van der Waals surface area contributed by atoms with Gasteiger partial charge in [-0.2, -0.15) is 4.31 Å². The number of ether oxygens (including phenoxy) is 1. The van der Waals surface area contributed by atoms with E-state index < -0.39 is 10.0 Å². The molecule has 1 fully saturated rings. The molecule has 0 bridgehead atoms. The number of likely N-dealkylation sites (N-methyl/N-ethyl adjacent to an activating group) is 1. The third kappa shape index (κ3) is 4.10. The van der Waals surface area contributed by atoms with Gasteiger partial charge in [0.25, 0.3) is 0 Å². The van der Waals surface area contributed by atoms with E-state index in [-0.39, 0.29) is 10.6 Å². The van der Waals surface area contributed by atoms with E-state index in [1.165, 1.54) is 23.2 Å². The van der Waals surface area contributed by atoms with Gasteiger partial charge in [0.15, 0.2) is 0 Å². The van der Waals surface area contributed by atoms with Crippen molar-refractivity contribution in [2.24, 2.45) is 5.92 Å². The summed E-state index contributed by atoms with van der Waals surface area (Å²) in [5.74, 6) is 0.672. The lowest BCUT2D eigenvalue weighted by Crippen LogP contribution is -2.31. The Labute approximate surface area is 131 Å². The second kappa shape index (κ2) is 6.52. The van der Waals surface area contributed by atoms with Gasteiger partial charge in [-0.1, -0.05) is 11.6 Å². The van der Waals surface area contributed by atoms with Gasteiger partial charge in [0.05, 0.1) is 22.2 Å². The molecule has 1 aliphatic rings. The summed E-state index contributed by atoms with van der Waals surface area (Å²) in [5.41, 5.74) is 6.56. The van der Waals surface area contributed by atoms with Crippen molar-refractivity contribution in [1.82, 2.24) is 4.31 Å². The first-order valence-corrected chi connectivity index (χ1v) is 8.74. The standard InChI is InChI=1S/C14H21ClN2O3S/c1-10-7-12(15)13(16)8-14(10)21(18,19)17(2)5-6-20-9-11-3-4-11/h7-8,11H,3-6,9,16H2,1-2H3. The van der Waals surface area contributed by atoms with Crippen molar-refractivity contribution in [2.75, 3.05) is 32.5 Å². The van der Waals surface area contributed by atoms with E-state index in [1.807, 2.05) is 0 Å². The normalized spacial score (nSPS) is 15.6. The van der Waals surface area contributed by atoms with Gasteiger partial charge in [0, 0.05) is 20.2 Å². The number of halogens is 1. The zero-order chi connectivity index (χ0) is 15.6. The average Bonchev–Trinajstić information content (AvgIpc) is 3.22. The Hall–Kier alpha value is -0.820. The van der Waals surface area contributed by atoms with Crippen molar-refractivity contribution in [2.45, 2.75) is 24.7 Å². The molecule has 1 saturated carbocycles. The van der Waals surface area contributed by atoms with E-state index in [0.29, 0.717) is 29.7 Å². The SMILES string of the molecule is Cc1cc(Cl)c(N)cc1S(=O)(=O)N(C)CCOCC1CC1. The van der Waals surface area contributed by atoms with Crippen molar-refractivity contribution >= 4 is 27.3 Å². The molecule has 0 atom stereocenters. The van der Waals surface area contributed by atoms with E-state index >= 15 is 0 Å². The van der Waals surface area contributed by atoms with E-state index in [1.54, 1.807) is 20.0 Å². The van der Waals surface area contributed by atoms with Crippen molar-refractivity contribution in [3.63, 3.8) is 0 Å². The lowest BCUT2D eigenvalue weighted by Gasteiger charge is -2.19. The fourth-order valence-electron chi connectivity index (χ4n) is 1.96. The predicted molar refractivity (Wildman–Crippen MR) is 84.0 cm³/mol. The Balaban J connectivity index is 2.03. The quantitative estimate of drug-likeness (QED) is 0.614. The second-order valence-electron chi connectivity index (χ2n) is 5.48. The lowest BCUT2D eigenvalue weighted by molar-refractivity contribution is 0.117. The molecule has 0 aromatic heterocycles. The number of anilines is 1. The Kier molecular flexibility index (Phi) is 5.14. The zero-order valence-corrected chi connectivity index (χ0v) is 13.9. The number of rotatable bonds is 7. The smallest absolute Gasteiger partial charge is 0.243 e. The van der Waals surface area contributed by atoms with E-state index in [4.69, 9.17) is 22.1 Å². The maximum Gasteiger partial charge on any atom is 0.243 e. The van der Waals surface area contributed by atoms with Crippen LogP contribution in [0.3, 0.4) is 0 Å². The van der Waals surface area contributed by atoms with E-state index in [2.05, 4.69) is 0 Å². The number of aryl methyl sites for hydroxylation is 1. The monoisotopic (exact) mass is 332 g/mol. The molecule has 1 aromatic rings. The molecule has 21 heavy (non-hydrogen) atoms. The molecule has 0 heterocycles. The molecule has 7 heteroatoms. The first kappa shape index (κ1) is 16.5. The van der Waals surface area contributed by atoms with Gasteiger partial charge in [0.1, 0.15) is 0 Å². The van der Waals surface area contributed by atoms with Crippen molar-refractivity contribution in [3.8, 4) is 0 Å². The summed E-state index contributed by atoms with van der Waals surface area (Å²) in [6, 6.07) is 2.98. The van der Waals surface area contributed by atoms with Crippen LogP contribution in [0.4, 0.5) is 5.69 Å². The largest absolute Gasteiger partial charge is 0.397 e. The molecule has 118 valence electrons. The molecule has 0 amide bonds. The summed E-state index contributed by atoms with van der Waals surface area (Å²) in [7, 11) is -2.04. The van der Waals surface area contributed by atoms with Crippen LogP contribution in [-0.2, 0) is 14.8 Å². The summed E-state index contributed by atoms with van der Waals surface area (Å²) < 4.78 is 31.8. The highest BCUT2D eigenvalue weighted by atomic mass is 35.5. The molecule has 0 spiro atoms. The Morgan fingerprint density at radius 1 is 1.43 bits per heavy atom. The summed E-state index contributed by atoms with van der Waals surface area (Å²) in [6.45, 7) is 3.14. The highest BCUT2D eigenvalue weighted by Crippen LogP contribution is 2.29. The molecule has 5 nitrogen and oxygen atoms in total. The number of benzene rings is 1. The van der Waals surface area contributed by atoms with Crippen LogP contribution in [0, 0.1) is 12.8 Å². The van der Waals surface area contributed by atoms with Gasteiger partial charge in [-0.3, -0.25) is 0 Å².